The van der Waals surface area contributed by atoms with Crippen molar-refractivity contribution < 1.29 is 9.15 Å². The van der Waals surface area contributed by atoms with E-state index >= 15 is 0 Å². The summed E-state index contributed by atoms with van der Waals surface area (Å²) in [5.41, 5.74) is 0.759. The summed E-state index contributed by atoms with van der Waals surface area (Å²) >= 11 is 7.68. The molecule has 3 aromatic rings. The van der Waals surface area contributed by atoms with Crippen LogP contribution in [0.15, 0.2) is 64.2 Å². The van der Waals surface area contributed by atoms with E-state index in [9.17, 15) is 0 Å². The smallest absolute Gasteiger partial charge is 0.276 e. The van der Waals surface area contributed by atoms with Gasteiger partial charge in [0, 0.05) is 5.75 Å². The number of ether oxygens (including phenoxy) is 1. The van der Waals surface area contributed by atoms with Gasteiger partial charge in [-0.15, -0.1) is 10.2 Å². The van der Waals surface area contributed by atoms with E-state index in [0.29, 0.717) is 22.7 Å². The molecule has 4 nitrogen and oxygen atoms in total. The molecule has 0 bridgehead atoms. The zero-order valence-corrected chi connectivity index (χ0v) is 14.6. The molecule has 0 aliphatic rings. The number of unbranched alkanes of at least 4 members (excludes halogenated alkanes) is 1. The quantitative estimate of drug-likeness (QED) is 0.400. The lowest BCUT2D eigenvalue weighted by molar-refractivity contribution is 0.310. The average Bonchev–Trinajstić information content (AvgIpc) is 3.08. The van der Waals surface area contributed by atoms with Crippen LogP contribution in [0.2, 0.25) is 5.02 Å². The molecule has 124 valence electrons. The van der Waals surface area contributed by atoms with Crippen molar-refractivity contribution in [3.63, 3.8) is 0 Å². The van der Waals surface area contributed by atoms with E-state index in [1.165, 1.54) is 0 Å². The third-order valence-electron chi connectivity index (χ3n) is 3.29. The van der Waals surface area contributed by atoms with Gasteiger partial charge in [0.05, 0.1) is 17.2 Å². The number of hydrogen-bond acceptors (Lipinski definition) is 5. The number of benzene rings is 2. The fraction of sp³-hybridized carbons (Fsp3) is 0.222. The second-order valence-corrected chi connectivity index (χ2v) is 6.52. The van der Waals surface area contributed by atoms with Crippen molar-refractivity contribution in [3.8, 4) is 17.2 Å². The lowest BCUT2D eigenvalue weighted by Gasteiger charge is -2.04. The molecule has 0 saturated heterocycles. The fourth-order valence-corrected chi connectivity index (χ4v) is 3.06. The third-order valence-corrected chi connectivity index (χ3v) is 4.52. The van der Waals surface area contributed by atoms with Crippen LogP contribution >= 0.6 is 23.4 Å². The van der Waals surface area contributed by atoms with Gasteiger partial charge in [0.15, 0.2) is 0 Å². The molecule has 24 heavy (non-hydrogen) atoms. The first-order valence-corrected chi connectivity index (χ1v) is 9.08. The number of hydrogen-bond donors (Lipinski definition) is 0. The lowest BCUT2D eigenvalue weighted by atomic mass is 10.2. The van der Waals surface area contributed by atoms with Crippen LogP contribution in [0, 0.1) is 0 Å². The van der Waals surface area contributed by atoms with Crippen molar-refractivity contribution in [1.29, 1.82) is 0 Å². The summed E-state index contributed by atoms with van der Waals surface area (Å²) in [6.45, 7) is 0.708. The Morgan fingerprint density at radius 3 is 2.58 bits per heavy atom. The Morgan fingerprint density at radius 2 is 1.75 bits per heavy atom. The maximum absolute atomic E-state index is 6.13. The molecule has 0 fully saturated rings. The predicted molar refractivity (Wildman–Crippen MR) is 96.6 cm³/mol. The summed E-state index contributed by atoms with van der Waals surface area (Å²) in [6, 6.07) is 17.3. The van der Waals surface area contributed by atoms with Crippen molar-refractivity contribution in [2.24, 2.45) is 0 Å². The molecule has 0 spiro atoms. The van der Waals surface area contributed by atoms with E-state index < -0.39 is 0 Å². The molecule has 1 aromatic heterocycles. The second-order valence-electron chi connectivity index (χ2n) is 5.07. The van der Waals surface area contributed by atoms with Gasteiger partial charge in [-0.25, -0.2) is 0 Å². The van der Waals surface area contributed by atoms with Gasteiger partial charge >= 0.3 is 0 Å². The highest BCUT2D eigenvalue weighted by Crippen LogP contribution is 2.28. The highest BCUT2D eigenvalue weighted by molar-refractivity contribution is 7.99. The topological polar surface area (TPSA) is 48.2 Å². The number of rotatable bonds is 8. The Bertz CT molecular complexity index is 764. The zero-order valence-electron chi connectivity index (χ0n) is 13.0. The molecule has 6 heteroatoms. The molecule has 1 heterocycles. The molecule has 0 amide bonds. The Labute approximate surface area is 150 Å². The fourth-order valence-electron chi connectivity index (χ4n) is 2.08. The molecular formula is C18H17ClN2O2S. The minimum Gasteiger partial charge on any atom is -0.494 e. The van der Waals surface area contributed by atoms with Crippen LogP contribution in [0.3, 0.4) is 0 Å². The van der Waals surface area contributed by atoms with Crippen LogP contribution in [-0.2, 0) is 0 Å². The van der Waals surface area contributed by atoms with Crippen LogP contribution < -0.4 is 4.74 Å². The minimum atomic E-state index is 0.454. The molecule has 0 unspecified atom stereocenters. The maximum Gasteiger partial charge on any atom is 0.276 e. The van der Waals surface area contributed by atoms with Gasteiger partial charge in [0.2, 0.25) is 5.89 Å². The Kier molecular flexibility index (Phi) is 6.15. The van der Waals surface area contributed by atoms with Gasteiger partial charge in [-0.3, -0.25) is 0 Å². The number of halogens is 1. The summed E-state index contributed by atoms with van der Waals surface area (Å²) < 4.78 is 11.3. The van der Waals surface area contributed by atoms with Crippen LogP contribution in [0.4, 0.5) is 0 Å². The van der Waals surface area contributed by atoms with Gasteiger partial charge in [-0.1, -0.05) is 53.7 Å². The highest BCUT2D eigenvalue weighted by Gasteiger charge is 2.11. The van der Waals surface area contributed by atoms with E-state index in [4.69, 9.17) is 20.8 Å². The monoisotopic (exact) mass is 360 g/mol. The first-order valence-electron chi connectivity index (χ1n) is 7.72. The summed E-state index contributed by atoms with van der Waals surface area (Å²) in [5.74, 6) is 2.27. The van der Waals surface area contributed by atoms with Crippen molar-refractivity contribution in [2.45, 2.75) is 18.1 Å². The molecule has 0 aliphatic carbocycles. The lowest BCUT2D eigenvalue weighted by Crippen LogP contribution is -1.97. The third kappa shape index (κ3) is 4.76. The standard InChI is InChI=1S/C18H17ClN2O2S/c19-16-11-5-4-10-15(16)17-20-21-18(23-17)24-13-7-6-12-22-14-8-2-1-3-9-14/h1-5,8-11H,6-7,12-13H2. The van der Waals surface area contributed by atoms with Crippen LogP contribution in [0.1, 0.15) is 12.8 Å². The van der Waals surface area contributed by atoms with Crippen LogP contribution in [0.5, 0.6) is 5.75 Å². The Balaban J connectivity index is 1.39. The second kappa shape index (κ2) is 8.76. The summed E-state index contributed by atoms with van der Waals surface area (Å²) in [6.07, 6.45) is 1.99. The predicted octanol–water partition coefficient (Wildman–Crippen LogP) is 5.34. The summed E-state index contributed by atoms with van der Waals surface area (Å²) in [7, 11) is 0. The molecule has 3 rings (SSSR count). The number of aromatic nitrogens is 2. The molecule has 0 saturated carbocycles. The highest BCUT2D eigenvalue weighted by atomic mass is 35.5. The SMILES string of the molecule is Clc1ccccc1-c1nnc(SCCCCOc2ccccc2)o1. The Hall–Kier alpha value is -1.98. The van der Waals surface area contributed by atoms with Gasteiger partial charge in [0.1, 0.15) is 5.75 Å². The van der Waals surface area contributed by atoms with E-state index in [1.54, 1.807) is 17.8 Å². The van der Waals surface area contributed by atoms with E-state index in [1.807, 2.05) is 48.5 Å². The van der Waals surface area contributed by atoms with Crippen LogP contribution in [0.25, 0.3) is 11.5 Å². The number of thioether (sulfide) groups is 1. The molecule has 0 aliphatic heterocycles. The molecule has 0 atom stereocenters. The first kappa shape index (κ1) is 16.9. The van der Waals surface area contributed by atoms with Gasteiger partial charge in [0.25, 0.3) is 5.22 Å². The van der Waals surface area contributed by atoms with Crippen molar-refractivity contribution in [1.82, 2.24) is 10.2 Å². The molecule has 0 N–H and O–H groups in total. The number of para-hydroxylation sites is 1. The van der Waals surface area contributed by atoms with Gasteiger partial charge < -0.3 is 9.15 Å². The summed E-state index contributed by atoms with van der Waals surface area (Å²) in [5, 5.41) is 9.28. The average molecular weight is 361 g/mol. The van der Waals surface area contributed by atoms with E-state index in [2.05, 4.69) is 10.2 Å². The van der Waals surface area contributed by atoms with E-state index in [0.717, 1.165) is 29.9 Å². The zero-order chi connectivity index (χ0) is 16.6. The van der Waals surface area contributed by atoms with Gasteiger partial charge in [-0.05, 0) is 37.1 Å². The van der Waals surface area contributed by atoms with Crippen LogP contribution in [-0.4, -0.2) is 22.6 Å². The molecule has 2 aromatic carbocycles. The van der Waals surface area contributed by atoms with Crippen molar-refractivity contribution >= 4 is 23.4 Å². The van der Waals surface area contributed by atoms with Crippen molar-refractivity contribution in [2.75, 3.05) is 12.4 Å². The maximum atomic E-state index is 6.13. The molecular weight excluding hydrogens is 344 g/mol. The largest absolute Gasteiger partial charge is 0.494 e. The van der Waals surface area contributed by atoms with E-state index in [-0.39, 0.29) is 0 Å². The van der Waals surface area contributed by atoms with Gasteiger partial charge in [-0.2, -0.15) is 0 Å². The number of nitrogens with zero attached hydrogens (tertiary/aromatic N) is 2. The Morgan fingerprint density at radius 1 is 0.958 bits per heavy atom. The molecule has 0 radical (unpaired) electrons. The normalized spacial score (nSPS) is 10.7. The first-order chi connectivity index (χ1) is 11.8. The van der Waals surface area contributed by atoms with Crippen molar-refractivity contribution in [3.05, 3.63) is 59.6 Å². The minimum absolute atomic E-state index is 0.454. The summed E-state index contributed by atoms with van der Waals surface area (Å²) in [4.78, 5) is 0.